The molecule has 0 fully saturated rings. The van der Waals surface area contributed by atoms with Gasteiger partial charge >= 0.3 is 0 Å². The van der Waals surface area contributed by atoms with E-state index in [1.54, 1.807) is 0 Å². The molecule has 3 heteroatoms. The van der Waals surface area contributed by atoms with E-state index in [4.69, 9.17) is 4.98 Å². The van der Waals surface area contributed by atoms with Crippen LogP contribution in [0.3, 0.4) is 0 Å². The van der Waals surface area contributed by atoms with E-state index in [1.165, 1.54) is 58.6 Å². The third kappa shape index (κ3) is 3.00. The maximum absolute atomic E-state index is 5.10. The van der Waals surface area contributed by atoms with Crippen molar-refractivity contribution in [2.24, 2.45) is 0 Å². The molecule has 6 aromatic rings. The van der Waals surface area contributed by atoms with Gasteiger partial charge in [-0.25, -0.2) is 4.98 Å². The van der Waals surface area contributed by atoms with Crippen molar-refractivity contribution in [1.82, 2.24) is 4.98 Å². The summed E-state index contributed by atoms with van der Waals surface area (Å²) in [6, 6.07) is 33.0. The van der Waals surface area contributed by atoms with Crippen molar-refractivity contribution in [1.29, 1.82) is 0 Å². The quantitative estimate of drug-likeness (QED) is 0.251. The first-order valence-electron chi connectivity index (χ1n) is 11.4. The van der Waals surface area contributed by atoms with Crippen LogP contribution in [0.2, 0.25) is 0 Å². The lowest BCUT2D eigenvalue weighted by Crippen LogP contribution is -2.07. The molecular weight excluding hydrogens is 438 g/mol. The molecule has 158 valence electrons. The molecule has 0 bridgehead atoms. The summed E-state index contributed by atoms with van der Waals surface area (Å²) in [6.45, 7) is 2.35. The van der Waals surface area contributed by atoms with Gasteiger partial charge in [0.15, 0.2) is 0 Å². The minimum atomic E-state index is 0.484. The van der Waals surface area contributed by atoms with Crippen LogP contribution in [-0.4, -0.2) is 4.98 Å². The van der Waals surface area contributed by atoms with Crippen LogP contribution in [0.15, 0.2) is 91.0 Å². The number of rotatable bonds is 2. The molecule has 2 aromatic heterocycles. The Hall–Kier alpha value is -3.27. The lowest BCUT2D eigenvalue weighted by molar-refractivity contribution is 0.757. The van der Waals surface area contributed by atoms with E-state index in [0.29, 0.717) is 5.92 Å². The van der Waals surface area contributed by atoms with Crippen LogP contribution in [0.25, 0.3) is 53.1 Å². The first-order chi connectivity index (χ1) is 16.3. The fourth-order valence-electron chi connectivity index (χ4n) is 5.12. The van der Waals surface area contributed by atoms with E-state index in [1.807, 2.05) is 22.7 Å². The van der Waals surface area contributed by atoms with Crippen molar-refractivity contribution < 1.29 is 0 Å². The number of hydrogen-bond donors (Lipinski definition) is 0. The molecular formula is C30H21NS2. The highest BCUT2D eigenvalue weighted by atomic mass is 32.1. The van der Waals surface area contributed by atoms with Gasteiger partial charge in [-0.05, 0) is 35.1 Å². The Morgan fingerprint density at radius 2 is 1.55 bits per heavy atom. The predicted octanol–water partition coefficient (Wildman–Crippen LogP) is 9.17. The smallest absolute Gasteiger partial charge is 0.124 e. The lowest BCUT2D eigenvalue weighted by atomic mass is 9.83. The summed E-state index contributed by atoms with van der Waals surface area (Å²) in [5.74, 6) is 0.484. The van der Waals surface area contributed by atoms with Gasteiger partial charge in [-0.3, -0.25) is 0 Å². The molecule has 1 aliphatic carbocycles. The van der Waals surface area contributed by atoms with Crippen molar-refractivity contribution in [3.8, 4) is 33.0 Å². The van der Waals surface area contributed by atoms with Gasteiger partial charge in [0.05, 0.1) is 5.69 Å². The molecule has 0 saturated carbocycles. The van der Waals surface area contributed by atoms with E-state index >= 15 is 0 Å². The Labute approximate surface area is 201 Å². The highest BCUT2D eigenvalue weighted by Crippen LogP contribution is 2.46. The molecule has 1 unspecified atom stereocenters. The fourth-order valence-corrected chi connectivity index (χ4v) is 7.57. The normalized spacial score (nSPS) is 15.0. The molecule has 1 aliphatic rings. The lowest BCUT2D eigenvalue weighted by Gasteiger charge is -2.22. The van der Waals surface area contributed by atoms with Gasteiger partial charge in [-0.1, -0.05) is 91.9 Å². The maximum atomic E-state index is 5.10. The standard InChI is InChI=1S/C30H21NS2/c1-18-16-27-28(31-30(33-27)19-8-3-2-4-9-19)23-15-14-20(17-25(18)23)21-11-7-12-24-22-10-5-6-13-26(22)32-29(21)24/h2-15,17-18H,16H2,1H3. The largest absolute Gasteiger partial charge is 0.236 e. The number of thiophene rings is 1. The van der Waals surface area contributed by atoms with Crippen molar-refractivity contribution in [3.05, 3.63) is 101 Å². The first kappa shape index (κ1) is 19.2. The molecule has 0 spiro atoms. The Morgan fingerprint density at radius 3 is 2.45 bits per heavy atom. The monoisotopic (exact) mass is 459 g/mol. The van der Waals surface area contributed by atoms with Crippen molar-refractivity contribution in [3.63, 3.8) is 0 Å². The van der Waals surface area contributed by atoms with Crippen LogP contribution in [0.4, 0.5) is 0 Å². The average Bonchev–Trinajstić information content (AvgIpc) is 3.46. The first-order valence-corrected chi connectivity index (χ1v) is 13.0. The van der Waals surface area contributed by atoms with E-state index in [0.717, 1.165) is 11.4 Å². The van der Waals surface area contributed by atoms with E-state index in [2.05, 4.69) is 97.9 Å². The molecule has 7 rings (SSSR count). The maximum Gasteiger partial charge on any atom is 0.124 e. The van der Waals surface area contributed by atoms with Crippen LogP contribution in [0.1, 0.15) is 23.3 Å². The summed E-state index contributed by atoms with van der Waals surface area (Å²) in [7, 11) is 0. The minimum Gasteiger partial charge on any atom is -0.236 e. The predicted molar refractivity (Wildman–Crippen MR) is 143 cm³/mol. The Balaban J connectivity index is 1.38. The van der Waals surface area contributed by atoms with Crippen LogP contribution >= 0.6 is 22.7 Å². The minimum absolute atomic E-state index is 0.484. The third-order valence-corrected chi connectivity index (χ3v) is 9.11. The van der Waals surface area contributed by atoms with Gasteiger partial charge in [-0.2, -0.15) is 0 Å². The molecule has 2 heterocycles. The SMILES string of the molecule is CC1Cc2sc(-c3ccccc3)nc2-c2ccc(-c3cccc4c3sc3ccccc34)cc21. The molecule has 0 N–H and O–H groups in total. The highest BCUT2D eigenvalue weighted by Gasteiger charge is 2.26. The number of thiazole rings is 1. The zero-order valence-corrected chi connectivity index (χ0v) is 19.8. The van der Waals surface area contributed by atoms with Gasteiger partial charge in [-0.15, -0.1) is 22.7 Å². The molecule has 0 aliphatic heterocycles. The highest BCUT2D eigenvalue weighted by molar-refractivity contribution is 7.26. The van der Waals surface area contributed by atoms with E-state index < -0.39 is 0 Å². The summed E-state index contributed by atoms with van der Waals surface area (Å²) in [4.78, 5) is 6.51. The van der Waals surface area contributed by atoms with Gasteiger partial charge in [0.1, 0.15) is 5.01 Å². The van der Waals surface area contributed by atoms with Crippen molar-refractivity contribution >= 4 is 42.8 Å². The van der Waals surface area contributed by atoms with E-state index in [-0.39, 0.29) is 0 Å². The third-order valence-electron chi connectivity index (χ3n) is 6.76. The molecule has 33 heavy (non-hydrogen) atoms. The van der Waals surface area contributed by atoms with Crippen molar-refractivity contribution in [2.75, 3.05) is 0 Å². The Bertz CT molecular complexity index is 1660. The topological polar surface area (TPSA) is 12.9 Å². The fraction of sp³-hybridized carbons (Fsp3) is 0.100. The van der Waals surface area contributed by atoms with Gasteiger partial charge in [0.25, 0.3) is 0 Å². The van der Waals surface area contributed by atoms with Crippen LogP contribution in [-0.2, 0) is 6.42 Å². The number of aromatic nitrogens is 1. The van der Waals surface area contributed by atoms with E-state index in [9.17, 15) is 0 Å². The van der Waals surface area contributed by atoms with Gasteiger partial charge in [0, 0.05) is 36.2 Å². The summed E-state index contributed by atoms with van der Waals surface area (Å²) < 4.78 is 2.73. The zero-order valence-electron chi connectivity index (χ0n) is 18.2. The second-order valence-corrected chi connectivity index (χ2v) is 11.0. The molecule has 0 saturated heterocycles. The molecule has 1 nitrogen and oxygen atoms in total. The molecule has 0 radical (unpaired) electrons. The van der Waals surface area contributed by atoms with Gasteiger partial charge in [0.2, 0.25) is 0 Å². The second-order valence-electron chi connectivity index (χ2n) is 8.84. The number of nitrogens with zero attached hydrogens (tertiary/aromatic N) is 1. The summed E-state index contributed by atoms with van der Waals surface area (Å²) in [5.41, 5.74) is 7.74. The molecule has 1 atom stereocenters. The van der Waals surface area contributed by atoms with Crippen LogP contribution in [0.5, 0.6) is 0 Å². The Morgan fingerprint density at radius 1 is 0.727 bits per heavy atom. The van der Waals surface area contributed by atoms with Crippen molar-refractivity contribution in [2.45, 2.75) is 19.3 Å². The molecule has 4 aromatic carbocycles. The number of hydrogen-bond acceptors (Lipinski definition) is 3. The average molecular weight is 460 g/mol. The summed E-state index contributed by atoms with van der Waals surface area (Å²) in [5, 5.41) is 3.83. The zero-order chi connectivity index (χ0) is 21.9. The molecule has 0 amide bonds. The van der Waals surface area contributed by atoms with Crippen LogP contribution in [0, 0.1) is 0 Å². The second kappa shape index (κ2) is 7.38. The Kier molecular flexibility index (Phi) is 4.30. The summed E-state index contributed by atoms with van der Waals surface area (Å²) >= 11 is 3.75. The van der Waals surface area contributed by atoms with Crippen LogP contribution < -0.4 is 0 Å². The van der Waals surface area contributed by atoms with Gasteiger partial charge < -0.3 is 0 Å². The number of benzene rings is 4. The number of fused-ring (bicyclic) bond motifs is 6. The summed E-state index contributed by atoms with van der Waals surface area (Å²) in [6.07, 6.45) is 1.06.